The normalized spacial score (nSPS) is 11.8. The second-order valence-electron chi connectivity index (χ2n) is 6.07. The Morgan fingerprint density at radius 3 is 2.54 bits per heavy atom. The molecule has 6 heteroatoms. The van der Waals surface area contributed by atoms with Gasteiger partial charge in [-0.2, -0.15) is 0 Å². The maximum Gasteiger partial charge on any atom is 0.203 e. The third kappa shape index (κ3) is 3.22. The standard InChI is InChI=1S/C20H21N3O2.ClH/c1-24-18-10-15-8-9-23-17(16(15)11-19(18)25-2)13-22-20(23)21-12-14-6-4-3-5-7-14;/h3-7,10-11,13H,8-9,12H2,1-2H3,(H,21,22);1H. The summed E-state index contributed by atoms with van der Waals surface area (Å²) in [6.45, 7) is 1.66. The van der Waals surface area contributed by atoms with Crippen molar-refractivity contribution in [2.75, 3.05) is 19.5 Å². The molecule has 0 unspecified atom stereocenters. The van der Waals surface area contributed by atoms with Crippen LogP contribution in [0.25, 0.3) is 11.3 Å². The van der Waals surface area contributed by atoms with Gasteiger partial charge in [0.15, 0.2) is 11.5 Å². The summed E-state index contributed by atoms with van der Waals surface area (Å²) in [5, 5.41) is 3.45. The third-order valence-corrected chi connectivity index (χ3v) is 4.64. The molecule has 2 heterocycles. The Hall–Kier alpha value is -2.66. The second-order valence-corrected chi connectivity index (χ2v) is 6.07. The first-order valence-electron chi connectivity index (χ1n) is 8.38. The fraction of sp³-hybridized carbons (Fsp3) is 0.250. The van der Waals surface area contributed by atoms with Crippen LogP contribution in [0.15, 0.2) is 48.7 Å². The van der Waals surface area contributed by atoms with E-state index in [1.807, 2.05) is 30.5 Å². The molecule has 1 N–H and O–H groups in total. The van der Waals surface area contributed by atoms with Crippen molar-refractivity contribution in [2.45, 2.75) is 19.5 Å². The predicted molar refractivity (Wildman–Crippen MR) is 105 cm³/mol. The number of rotatable bonds is 5. The summed E-state index contributed by atoms with van der Waals surface area (Å²) in [5.74, 6) is 2.42. The van der Waals surface area contributed by atoms with E-state index in [0.717, 1.165) is 48.2 Å². The summed E-state index contributed by atoms with van der Waals surface area (Å²) in [4.78, 5) is 4.59. The van der Waals surface area contributed by atoms with Gasteiger partial charge in [0.05, 0.1) is 26.1 Å². The van der Waals surface area contributed by atoms with Gasteiger partial charge in [0, 0.05) is 18.7 Å². The molecular weight excluding hydrogens is 350 g/mol. The smallest absolute Gasteiger partial charge is 0.203 e. The Labute approximate surface area is 159 Å². The first-order valence-corrected chi connectivity index (χ1v) is 8.38. The molecule has 1 aliphatic heterocycles. The van der Waals surface area contributed by atoms with Gasteiger partial charge in [-0.15, -0.1) is 12.4 Å². The van der Waals surface area contributed by atoms with E-state index in [1.54, 1.807) is 14.2 Å². The zero-order chi connectivity index (χ0) is 17.2. The van der Waals surface area contributed by atoms with Crippen molar-refractivity contribution in [1.82, 2.24) is 9.55 Å². The van der Waals surface area contributed by atoms with Crippen LogP contribution in [0.5, 0.6) is 11.5 Å². The number of benzene rings is 2. The van der Waals surface area contributed by atoms with E-state index in [2.05, 4.69) is 33.1 Å². The molecule has 0 saturated heterocycles. The van der Waals surface area contributed by atoms with Gasteiger partial charge >= 0.3 is 0 Å². The number of hydrogen-bond donors (Lipinski definition) is 1. The molecule has 4 rings (SSSR count). The summed E-state index contributed by atoms with van der Waals surface area (Å²) in [7, 11) is 3.33. The van der Waals surface area contributed by atoms with Gasteiger partial charge in [0.25, 0.3) is 0 Å². The topological polar surface area (TPSA) is 48.3 Å². The van der Waals surface area contributed by atoms with Crippen molar-refractivity contribution in [2.24, 2.45) is 0 Å². The summed E-state index contributed by atoms with van der Waals surface area (Å²) < 4.78 is 13.1. The van der Waals surface area contributed by atoms with Crippen LogP contribution in [-0.4, -0.2) is 23.8 Å². The van der Waals surface area contributed by atoms with E-state index in [-0.39, 0.29) is 12.4 Å². The zero-order valence-corrected chi connectivity index (χ0v) is 15.7. The molecule has 26 heavy (non-hydrogen) atoms. The maximum atomic E-state index is 5.46. The first-order chi connectivity index (χ1) is 12.3. The molecule has 0 radical (unpaired) electrons. The van der Waals surface area contributed by atoms with Crippen molar-refractivity contribution >= 4 is 18.4 Å². The molecule has 0 amide bonds. The number of hydrogen-bond acceptors (Lipinski definition) is 4. The fourth-order valence-electron chi connectivity index (χ4n) is 3.33. The van der Waals surface area contributed by atoms with Crippen molar-refractivity contribution in [3.8, 4) is 22.8 Å². The lowest BCUT2D eigenvalue weighted by Gasteiger charge is -2.22. The number of methoxy groups -OCH3 is 2. The highest BCUT2D eigenvalue weighted by atomic mass is 35.5. The highest BCUT2D eigenvalue weighted by molar-refractivity contribution is 5.85. The Balaban J connectivity index is 0.00000196. The Morgan fingerprint density at radius 1 is 1.08 bits per heavy atom. The Bertz CT molecular complexity index is 894. The van der Waals surface area contributed by atoms with Crippen molar-refractivity contribution in [3.05, 3.63) is 59.8 Å². The average Bonchev–Trinajstić information content (AvgIpc) is 3.09. The largest absolute Gasteiger partial charge is 0.493 e. The molecule has 0 bridgehead atoms. The molecule has 136 valence electrons. The number of fused-ring (bicyclic) bond motifs is 3. The summed E-state index contributed by atoms with van der Waals surface area (Å²) in [6.07, 6.45) is 2.87. The maximum absolute atomic E-state index is 5.46. The molecule has 0 saturated carbocycles. The summed E-state index contributed by atoms with van der Waals surface area (Å²) in [6, 6.07) is 14.5. The molecule has 0 aliphatic carbocycles. The van der Waals surface area contributed by atoms with E-state index in [1.165, 1.54) is 11.1 Å². The van der Waals surface area contributed by atoms with Gasteiger partial charge < -0.3 is 19.4 Å². The van der Waals surface area contributed by atoms with E-state index in [4.69, 9.17) is 9.47 Å². The minimum Gasteiger partial charge on any atom is -0.493 e. The lowest BCUT2D eigenvalue weighted by atomic mass is 9.98. The van der Waals surface area contributed by atoms with Crippen LogP contribution in [0.3, 0.4) is 0 Å². The Kier molecular flexibility index (Phi) is 5.38. The number of nitrogens with zero attached hydrogens (tertiary/aromatic N) is 2. The van der Waals surface area contributed by atoms with Crippen LogP contribution >= 0.6 is 12.4 Å². The van der Waals surface area contributed by atoms with Crippen LogP contribution in [0.4, 0.5) is 5.95 Å². The number of ether oxygens (including phenoxy) is 2. The summed E-state index contributed by atoms with van der Waals surface area (Å²) >= 11 is 0. The van der Waals surface area contributed by atoms with Crippen LogP contribution in [0, 0.1) is 0 Å². The molecule has 0 spiro atoms. The van der Waals surface area contributed by atoms with Gasteiger partial charge in [-0.1, -0.05) is 30.3 Å². The highest BCUT2D eigenvalue weighted by Gasteiger charge is 2.22. The van der Waals surface area contributed by atoms with Crippen LogP contribution in [0.2, 0.25) is 0 Å². The number of aromatic nitrogens is 2. The molecular formula is C20H22ClN3O2. The summed E-state index contributed by atoms with van der Waals surface area (Å²) in [5.41, 5.74) is 4.77. The van der Waals surface area contributed by atoms with Gasteiger partial charge in [0.1, 0.15) is 0 Å². The van der Waals surface area contributed by atoms with Gasteiger partial charge in [-0.25, -0.2) is 4.98 Å². The highest BCUT2D eigenvalue weighted by Crippen LogP contribution is 2.39. The molecule has 0 atom stereocenters. The van der Waals surface area contributed by atoms with E-state index in [9.17, 15) is 0 Å². The molecule has 5 nitrogen and oxygen atoms in total. The fourth-order valence-corrected chi connectivity index (χ4v) is 3.33. The average molecular weight is 372 g/mol. The quantitative estimate of drug-likeness (QED) is 0.731. The molecule has 2 aromatic carbocycles. The number of imidazole rings is 1. The molecule has 3 aromatic rings. The van der Waals surface area contributed by atoms with Crippen LogP contribution in [0.1, 0.15) is 11.1 Å². The number of halogens is 1. The van der Waals surface area contributed by atoms with E-state index >= 15 is 0 Å². The lowest BCUT2D eigenvalue weighted by Crippen LogP contribution is -2.14. The van der Waals surface area contributed by atoms with Gasteiger partial charge in [0.2, 0.25) is 5.95 Å². The zero-order valence-electron chi connectivity index (χ0n) is 14.9. The minimum atomic E-state index is 0. The van der Waals surface area contributed by atoms with Gasteiger partial charge in [-0.3, -0.25) is 0 Å². The SMILES string of the molecule is COc1cc2c(cc1OC)-c1cnc(NCc3ccccc3)n1CC2.Cl. The van der Waals surface area contributed by atoms with E-state index in [0.29, 0.717) is 0 Å². The van der Waals surface area contributed by atoms with Crippen molar-refractivity contribution in [3.63, 3.8) is 0 Å². The number of nitrogens with one attached hydrogen (secondary N) is 1. The minimum absolute atomic E-state index is 0. The van der Waals surface area contributed by atoms with Crippen molar-refractivity contribution < 1.29 is 9.47 Å². The second kappa shape index (κ2) is 7.70. The van der Waals surface area contributed by atoms with Crippen LogP contribution < -0.4 is 14.8 Å². The lowest BCUT2D eigenvalue weighted by molar-refractivity contribution is 0.354. The molecule has 1 aromatic heterocycles. The number of aryl methyl sites for hydroxylation is 1. The molecule has 0 fully saturated rings. The van der Waals surface area contributed by atoms with E-state index < -0.39 is 0 Å². The van der Waals surface area contributed by atoms with Gasteiger partial charge in [-0.05, 0) is 29.7 Å². The third-order valence-electron chi connectivity index (χ3n) is 4.64. The van der Waals surface area contributed by atoms with Crippen LogP contribution in [-0.2, 0) is 19.5 Å². The predicted octanol–water partition coefficient (Wildman–Crippen LogP) is 4.16. The molecule has 1 aliphatic rings. The monoisotopic (exact) mass is 371 g/mol. The van der Waals surface area contributed by atoms with Crippen molar-refractivity contribution in [1.29, 1.82) is 0 Å². The Morgan fingerprint density at radius 2 is 1.81 bits per heavy atom. The number of anilines is 1. The first kappa shape index (κ1) is 18.1.